The summed E-state index contributed by atoms with van der Waals surface area (Å²) in [6, 6.07) is 0. The normalized spacial score (nSPS) is 13.2. The summed E-state index contributed by atoms with van der Waals surface area (Å²) in [6.07, 6.45) is 1.63. The number of hydrogen-bond donors (Lipinski definition) is 1. The van der Waals surface area contributed by atoms with Crippen molar-refractivity contribution < 1.29 is 4.79 Å². The molecule has 0 aliphatic carbocycles. The van der Waals surface area contributed by atoms with Gasteiger partial charge in [-0.05, 0) is 0 Å². The van der Waals surface area contributed by atoms with Crippen molar-refractivity contribution in [2.24, 2.45) is 0 Å². The van der Waals surface area contributed by atoms with Gasteiger partial charge in [-0.25, -0.2) is 0 Å². The first kappa shape index (κ1) is 8.66. The molecule has 1 nitrogen and oxygen atoms in total. The molecule has 0 aromatic rings. The van der Waals surface area contributed by atoms with Crippen LogP contribution in [0.4, 0.5) is 0 Å². The first-order valence-electron chi connectivity index (χ1n) is 2.64. The summed E-state index contributed by atoms with van der Waals surface area (Å²) in [7, 11) is 0. The van der Waals surface area contributed by atoms with Crippen LogP contribution in [-0.2, 0) is 4.79 Å². The van der Waals surface area contributed by atoms with E-state index >= 15 is 0 Å². The Kier molecular flexibility index (Phi) is 4.90. The number of carbonyl (C=O) groups is 1. The van der Waals surface area contributed by atoms with Crippen molar-refractivity contribution in [1.82, 2.24) is 0 Å². The molecule has 0 aromatic heterocycles. The van der Waals surface area contributed by atoms with Gasteiger partial charge in [0, 0.05) is 0 Å². The van der Waals surface area contributed by atoms with Crippen molar-refractivity contribution in [1.29, 1.82) is 0 Å². The first-order valence-corrected chi connectivity index (χ1v) is 4.56. The summed E-state index contributed by atoms with van der Waals surface area (Å²) in [4.78, 5) is 10.7. The summed E-state index contributed by atoms with van der Waals surface area (Å²) >= 11 is 5.40. The van der Waals surface area contributed by atoms with E-state index in [1.807, 2.05) is 6.92 Å². The van der Waals surface area contributed by atoms with E-state index in [9.17, 15) is 4.79 Å². The molecule has 2 radical (unpaired) electrons. The third kappa shape index (κ3) is 3.63. The number of hydrogen-bond acceptors (Lipinski definition) is 2. The summed E-state index contributed by atoms with van der Waals surface area (Å²) in [5, 5.41) is 0. The molecule has 3 heteroatoms. The van der Waals surface area contributed by atoms with Gasteiger partial charge in [-0.1, -0.05) is 0 Å². The summed E-state index contributed by atoms with van der Waals surface area (Å²) in [6.45, 7) is 2.00. The number of ketones is 1. The van der Waals surface area contributed by atoms with E-state index in [0.29, 0.717) is 6.42 Å². The maximum absolute atomic E-state index is 10.7. The Morgan fingerprint density at radius 1 is 1.88 bits per heavy atom. The van der Waals surface area contributed by atoms with Crippen LogP contribution in [0.25, 0.3) is 0 Å². The molecule has 0 aromatic carbocycles. The van der Waals surface area contributed by atoms with E-state index in [0.717, 1.165) is 6.42 Å². The van der Waals surface area contributed by atoms with Gasteiger partial charge in [0.2, 0.25) is 0 Å². The van der Waals surface area contributed by atoms with Crippen molar-refractivity contribution in [3.05, 3.63) is 0 Å². The van der Waals surface area contributed by atoms with Crippen LogP contribution >= 0.6 is 12.6 Å². The Bertz CT molecular complexity index is 82.5. The van der Waals surface area contributed by atoms with Gasteiger partial charge in [0.25, 0.3) is 0 Å². The van der Waals surface area contributed by atoms with Gasteiger partial charge in [-0.15, -0.1) is 0 Å². The van der Waals surface area contributed by atoms with Gasteiger partial charge in [-0.2, -0.15) is 0 Å². The van der Waals surface area contributed by atoms with Crippen LogP contribution in [0.1, 0.15) is 19.8 Å². The number of Topliss-reactive ketones (excluding diaryl/α,β-unsaturated/α-hetero) is 1. The standard InChI is InChI=1S/C5H9OS.Ga/c1-2-3-5(6)4-7;/h4,7H,2-3H2,1H3;. The Balaban J connectivity index is 3.33. The van der Waals surface area contributed by atoms with Gasteiger partial charge >= 0.3 is 65.4 Å². The van der Waals surface area contributed by atoms with E-state index in [1.54, 1.807) is 0 Å². The predicted octanol–water partition coefficient (Wildman–Crippen LogP) is 0.780. The molecule has 0 saturated heterocycles. The van der Waals surface area contributed by atoms with E-state index < -0.39 is 0 Å². The molecule has 0 heterocycles. The van der Waals surface area contributed by atoms with Crippen LogP contribution in [0.3, 0.4) is 0 Å². The Morgan fingerprint density at radius 2 is 2.38 bits per heavy atom. The third-order valence-corrected chi connectivity index (χ3v) is 1.89. The zero-order valence-corrected chi connectivity index (χ0v) is 8.24. The van der Waals surface area contributed by atoms with Crippen molar-refractivity contribution >= 4 is 37.0 Å². The zero-order valence-electron chi connectivity index (χ0n) is 4.92. The fraction of sp³-hybridized carbons (Fsp3) is 0.800. The minimum atomic E-state index is -0.0116. The van der Waals surface area contributed by atoms with Crippen LogP contribution in [0.15, 0.2) is 0 Å². The molecule has 0 aliphatic rings. The monoisotopic (exact) mass is 186 g/mol. The van der Waals surface area contributed by atoms with Crippen LogP contribution in [0.5, 0.6) is 0 Å². The molecule has 0 bridgehead atoms. The van der Waals surface area contributed by atoms with Crippen LogP contribution in [0.2, 0.25) is 0 Å². The number of rotatable bonds is 3. The topological polar surface area (TPSA) is 17.1 Å². The average Bonchev–Trinajstić information content (AvgIpc) is 1.67. The summed E-state index contributed by atoms with van der Waals surface area (Å²) in [5.41, 5.74) is 0. The first-order chi connectivity index (χ1) is 3.68. The molecular weight excluding hydrogens is 178 g/mol. The van der Waals surface area contributed by atoms with Gasteiger partial charge in [0.05, 0.1) is 0 Å². The fourth-order valence-corrected chi connectivity index (χ4v) is 0.873. The molecule has 0 spiro atoms. The molecule has 0 N–H and O–H groups in total. The molecule has 8 heavy (non-hydrogen) atoms. The van der Waals surface area contributed by atoms with Crippen LogP contribution < -0.4 is 0 Å². The average molecular weight is 187 g/mol. The Labute approximate surface area is 65.6 Å². The fourth-order valence-electron chi connectivity index (χ4n) is 0.394. The molecule has 0 fully saturated rings. The molecule has 44 valence electrons. The SMILES string of the molecule is CCCC(=O)[CH](S)[Ga]. The van der Waals surface area contributed by atoms with Crippen LogP contribution in [0, 0.1) is 0 Å². The van der Waals surface area contributed by atoms with Gasteiger partial charge in [-0.3, -0.25) is 0 Å². The van der Waals surface area contributed by atoms with Crippen molar-refractivity contribution in [2.45, 2.75) is 23.6 Å². The van der Waals surface area contributed by atoms with Gasteiger partial charge in [0.15, 0.2) is 0 Å². The van der Waals surface area contributed by atoms with E-state index in [-0.39, 0.29) is 9.59 Å². The molecule has 0 amide bonds. The van der Waals surface area contributed by atoms with Gasteiger partial charge < -0.3 is 0 Å². The maximum atomic E-state index is 10.7. The Morgan fingerprint density at radius 3 is 2.50 bits per heavy atom. The van der Waals surface area contributed by atoms with Gasteiger partial charge in [0.1, 0.15) is 0 Å². The zero-order chi connectivity index (χ0) is 6.57. The number of carbonyl (C=O) groups excluding carboxylic acids is 1. The third-order valence-electron chi connectivity index (χ3n) is 0.826. The van der Waals surface area contributed by atoms with Crippen molar-refractivity contribution in [2.75, 3.05) is 0 Å². The van der Waals surface area contributed by atoms with Crippen molar-refractivity contribution in [3.63, 3.8) is 0 Å². The second-order valence-electron chi connectivity index (χ2n) is 1.66. The summed E-state index contributed by atoms with van der Waals surface area (Å²) in [5.74, 6) is 0.274. The molecule has 1 unspecified atom stereocenters. The molecule has 0 rings (SSSR count). The minimum absolute atomic E-state index is 0.0116. The second-order valence-corrected chi connectivity index (χ2v) is 4.79. The van der Waals surface area contributed by atoms with E-state index in [2.05, 4.69) is 12.6 Å². The Hall–Kier alpha value is 0.656. The second kappa shape index (κ2) is 4.53. The quantitative estimate of drug-likeness (QED) is 0.510. The molecule has 0 saturated carbocycles. The predicted molar refractivity (Wildman–Crippen MR) is 38.4 cm³/mol. The molecular formula is C5H9GaOS. The van der Waals surface area contributed by atoms with E-state index in [1.165, 1.54) is 18.6 Å². The number of thiol groups is 1. The van der Waals surface area contributed by atoms with E-state index in [4.69, 9.17) is 0 Å². The van der Waals surface area contributed by atoms with Crippen molar-refractivity contribution in [3.8, 4) is 0 Å². The summed E-state index contributed by atoms with van der Waals surface area (Å²) < 4.78 is -0.0116. The van der Waals surface area contributed by atoms with Crippen LogP contribution in [-0.4, -0.2) is 28.2 Å². The molecule has 1 atom stereocenters. The molecule has 0 aliphatic heterocycles.